The van der Waals surface area contributed by atoms with Gasteiger partial charge < -0.3 is 4.74 Å². The fourth-order valence-corrected chi connectivity index (χ4v) is 1.13. The fraction of sp³-hybridized carbons (Fsp3) is 0.455. The quantitative estimate of drug-likeness (QED) is 0.334. The number of nitrogens with zero attached hydrogens (tertiary/aromatic N) is 2. The van der Waals surface area contributed by atoms with Crippen LogP contribution in [-0.4, -0.2) is 36.6 Å². The van der Waals surface area contributed by atoms with Gasteiger partial charge in [-0.15, -0.1) is 0 Å². The molecule has 90 valence electrons. The zero-order valence-corrected chi connectivity index (χ0v) is 10.8. The van der Waals surface area contributed by atoms with Gasteiger partial charge >= 0.3 is 0 Å². The third kappa shape index (κ3) is 5.14. The van der Waals surface area contributed by atoms with E-state index in [1.165, 1.54) is 11.2 Å². The summed E-state index contributed by atoms with van der Waals surface area (Å²) in [5, 5.41) is 5.35. The van der Waals surface area contributed by atoms with E-state index in [1.54, 1.807) is 7.11 Å². The first-order chi connectivity index (χ1) is 7.71. The summed E-state index contributed by atoms with van der Waals surface area (Å²) >= 11 is 3.95. The van der Waals surface area contributed by atoms with Crippen molar-refractivity contribution in [3.8, 4) is 0 Å². The third-order valence-electron chi connectivity index (χ3n) is 1.69. The molecule has 0 aromatic carbocycles. The topological polar surface area (TPSA) is 41.9 Å². The fourth-order valence-electron chi connectivity index (χ4n) is 0.991. The molecule has 0 radical (unpaired) electrons. The molecule has 0 saturated heterocycles. The summed E-state index contributed by atoms with van der Waals surface area (Å²) in [6, 6.07) is 0. The lowest BCUT2D eigenvalue weighted by Gasteiger charge is -2.16. The number of hydrogen-bond acceptors (Lipinski definition) is 4. The Kier molecular flexibility index (Phi) is 8.56. The van der Waals surface area contributed by atoms with Gasteiger partial charge in [-0.2, -0.15) is 17.7 Å². The molecular weight excluding hydrogens is 224 g/mol. The molecular formula is C11H18N2O2S. The zero-order valence-electron chi connectivity index (χ0n) is 9.88. The SMILES string of the molecule is C/C=C\C(=C/C)N(/N=C\COC)C(=O)CS. The minimum absolute atomic E-state index is 0.110. The second-order valence-corrected chi connectivity index (χ2v) is 3.15. The molecule has 0 spiro atoms. The number of hydrazone groups is 1. The van der Waals surface area contributed by atoms with Crippen LogP contribution in [0.1, 0.15) is 13.8 Å². The van der Waals surface area contributed by atoms with Gasteiger partial charge in [0, 0.05) is 7.11 Å². The van der Waals surface area contributed by atoms with Gasteiger partial charge in [0.1, 0.15) is 0 Å². The molecule has 16 heavy (non-hydrogen) atoms. The molecule has 0 aromatic rings. The molecule has 4 nitrogen and oxygen atoms in total. The number of ether oxygens (including phenoxy) is 1. The van der Waals surface area contributed by atoms with Crippen molar-refractivity contribution in [3.63, 3.8) is 0 Å². The van der Waals surface area contributed by atoms with Crippen molar-refractivity contribution in [1.82, 2.24) is 5.01 Å². The Morgan fingerprint density at radius 3 is 2.62 bits per heavy atom. The summed E-state index contributed by atoms with van der Waals surface area (Å²) in [6.45, 7) is 4.09. The second kappa shape index (κ2) is 9.18. The van der Waals surface area contributed by atoms with Crippen LogP contribution in [0.4, 0.5) is 0 Å². The highest BCUT2D eigenvalue weighted by atomic mass is 32.1. The number of hydrogen-bond donors (Lipinski definition) is 1. The minimum Gasteiger partial charge on any atom is -0.379 e. The maximum Gasteiger partial charge on any atom is 0.257 e. The van der Waals surface area contributed by atoms with E-state index in [2.05, 4.69) is 17.7 Å². The second-order valence-electron chi connectivity index (χ2n) is 2.83. The van der Waals surface area contributed by atoms with Crippen molar-refractivity contribution in [1.29, 1.82) is 0 Å². The average Bonchev–Trinajstić information content (AvgIpc) is 2.31. The molecule has 0 fully saturated rings. The molecule has 0 bridgehead atoms. The average molecular weight is 242 g/mol. The molecule has 0 heterocycles. The van der Waals surface area contributed by atoms with Gasteiger partial charge in [-0.1, -0.05) is 12.2 Å². The lowest BCUT2D eigenvalue weighted by Crippen LogP contribution is -2.26. The van der Waals surface area contributed by atoms with Crippen molar-refractivity contribution in [2.75, 3.05) is 19.5 Å². The molecule has 0 aromatic heterocycles. The third-order valence-corrected chi connectivity index (χ3v) is 1.96. The van der Waals surface area contributed by atoms with E-state index in [-0.39, 0.29) is 11.7 Å². The van der Waals surface area contributed by atoms with Crippen LogP contribution in [-0.2, 0) is 9.53 Å². The van der Waals surface area contributed by atoms with Crippen LogP contribution in [0.15, 0.2) is 29.0 Å². The molecule has 1 amide bonds. The minimum atomic E-state index is -0.179. The summed E-state index contributed by atoms with van der Waals surface area (Å²) in [5.41, 5.74) is 0.717. The van der Waals surface area contributed by atoms with E-state index >= 15 is 0 Å². The number of amides is 1. The zero-order chi connectivity index (χ0) is 12.4. The summed E-state index contributed by atoms with van der Waals surface area (Å²) in [4.78, 5) is 11.6. The van der Waals surface area contributed by atoms with E-state index in [4.69, 9.17) is 4.74 Å². The van der Waals surface area contributed by atoms with Gasteiger partial charge in [-0.3, -0.25) is 4.79 Å². The molecule has 5 heteroatoms. The Morgan fingerprint density at radius 1 is 1.50 bits per heavy atom. The Labute approximate surface area is 102 Å². The van der Waals surface area contributed by atoms with Crippen LogP contribution in [0.3, 0.4) is 0 Å². The van der Waals surface area contributed by atoms with Crippen molar-refractivity contribution >= 4 is 24.8 Å². The van der Waals surface area contributed by atoms with Crippen LogP contribution >= 0.6 is 12.6 Å². The van der Waals surface area contributed by atoms with Crippen LogP contribution in [0.5, 0.6) is 0 Å². The summed E-state index contributed by atoms with van der Waals surface area (Å²) < 4.78 is 4.84. The highest BCUT2D eigenvalue weighted by Gasteiger charge is 2.12. The molecule has 0 N–H and O–H groups in total. The van der Waals surface area contributed by atoms with E-state index in [9.17, 15) is 4.79 Å². The van der Waals surface area contributed by atoms with Crippen LogP contribution in [0, 0.1) is 0 Å². The number of carbonyl (C=O) groups is 1. The number of methoxy groups -OCH3 is 1. The summed E-state index contributed by atoms with van der Waals surface area (Å²) in [6.07, 6.45) is 7.01. The van der Waals surface area contributed by atoms with Crippen LogP contribution < -0.4 is 0 Å². The first-order valence-corrected chi connectivity index (χ1v) is 5.58. The molecule has 0 aliphatic carbocycles. The number of allylic oxidation sites excluding steroid dienone is 3. The van der Waals surface area contributed by atoms with Gasteiger partial charge in [0.15, 0.2) is 0 Å². The number of rotatable bonds is 6. The van der Waals surface area contributed by atoms with Crippen molar-refractivity contribution in [2.24, 2.45) is 5.10 Å². The Morgan fingerprint density at radius 2 is 2.19 bits per heavy atom. The highest BCUT2D eigenvalue weighted by Crippen LogP contribution is 2.08. The molecule has 0 unspecified atom stereocenters. The Hall–Kier alpha value is -1.07. The van der Waals surface area contributed by atoms with E-state index in [0.717, 1.165) is 0 Å². The first-order valence-electron chi connectivity index (χ1n) is 4.95. The molecule has 0 saturated carbocycles. The molecule has 0 aliphatic rings. The van der Waals surface area contributed by atoms with Gasteiger partial charge in [-0.05, 0) is 19.9 Å². The van der Waals surface area contributed by atoms with Gasteiger partial charge in [0.25, 0.3) is 5.91 Å². The molecule has 0 rings (SSSR count). The maximum atomic E-state index is 11.6. The monoisotopic (exact) mass is 242 g/mol. The van der Waals surface area contributed by atoms with E-state index in [1.807, 2.05) is 32.1 Å². The van der Waals surface area contributed by atoms with Crippen LogP contribution in [0.2, 0.25) is 0 Å². The number of thiol groups is 1. The predicted molar refractivity (Wildman–Crippen MR) is 69.6 cm³/mol. The lowest BCUT2D eigenvalue weighted by molar-refractivity contribution is -0.126. The standard InChI is InChI=1S/C11H18N2O2S/c1-4-6-10(5-2)13(11(14)9-16)12-7-8-15-3/h4-7,16H,8-9H2,1-3H3/b6-4-,10-5+,12-7-. The molecule has 0 atom stereocenters. The van der Waals surface area contributed by atoms with Crippen molar-refractivity contribution in [3.05, 3.63) is 23.9 Å². The van der Waals surface area contributed by atoms with Crippen molar-refractivity contribution < 1.29 is 9.53 Å². The lowest BCUT2D eigenvalue weighted by atomic mass is 10.3. The van der Waals surface area contributed by atoms with Crippen molar-refractivity contribution in [2.45, 2.75) is 13.8 Å². The largest absolute Gasteiger partial charge is 0.379 e. The first kappa shape index (κ1) is 14.9. The Balaban J connectivity index is 4.85. The normalized spacial score (nSPS) is 12.6. The summed E-state index contributed by atoms with van der Waals surface area (Å²) in [5.74, 6) is -0.0685. The summed E-state index contributed by atoms with van der Waals surface area (Å²) in [7, 11) is 1.57. The van der Waals surface area contributed by atoms with Crippen LogP contribution in [0.25, 0.3) is 0 Å². The smallest absolute Gasteiger partial charge is 0.257 e. The maximum absolute atomic E-state index is 11.6. The highest BCUT2D eigenvalue weighted by molar-refractivity contribution is 7.81. The van der Waals surface area contributed by atoms with Gasteiger partial charge in [-0.25, -0.2) is 5.01 Å². The predicted octanol–water partition coefficient (Wildman–Crippen LogP) is 1.86. The Bertz CT molecular complexity index is 298. The number of carbonyl (C=O) groups excluding carboxylic acids is 1. The molecule has 0 aliphatic heterocycles. The van der Waals surface area contributed by atoms with E-state index < -0.39 is 0 Å². The van der Waals surface area contributed by atoms with E-state index in [0.29, 0.717) is 12.3 Å². The van der Waals surface area contributed by atoms with Gasteiger partial charge in [0.05, 0.1) is 24.3 Å². The van der Waals surface area contributed by atoms with Gasteiger partial charge in [0.2, 0.25) is 0 Å².